The van der Waals surface area contributed by atoms with Gasteiger partial charge in [0.05, 0.1) is 13.3 Å². The van der Waals surface area contributed by atoms with E-state index in [0.717, 1.165) is 18.7 Å². The summed E-state index contributed by atoms with van der Waals surface area (Å²) in [5.41, 5.74) is 0. The lowest BCUT2D eigenvalue weighted by Gasteiger charge is -2.36. The number of rotatable bonds is 3. The monoisotopic (exact) mass is 282 g/mol. The fourth-order valence-electron chi connectivity index (χ4n) is 3.20. The van der Waals surface area contributed by atoms with Crippen molar-refractivity contribution in [3.05, 3.63) is 11.2 Å². The van der Waals surface area contributed by atoms with Crippen LogP contribution in [-0.2, 0) is 0 Å². The first-order chi connectivity index (χ1) is 9.17. The molecule has 0 spiro atoms. The molecule has 1 N–H and O–H groups in total. The Balaban J connectivity index is 1.81. The van der Waals surface area contributed by atoms with Gasteiger partial charge in [-0.1, -0.05) is 11.6 Å². The summed E-state index contributed by atoms with van der Waals surface area (Å²) in [5, 5.41) is 4.22. The Morgan fingerprint density at radius 1 is 1.37 bits per heavy atom. The van der Waals surface area contributed by atoms with Gasteiger partial charge in [-0.05, 0) is 25.7 Å². The molecule has 2 aliphatic rings. The molecule has 0 aromatic carbocycles. The molecule has 2 aliphatic heterocycles. The van der Waals surface area contributed by atoms with Gasteiger partial charge in [0.15, 0.2) is 5.82 Å². The molecule has 0 radical (unpaired) electrons. The first-order valence-corrected chi connectivity index (χ1v) is 7.10. The van der Waals surface area contributed by atoms with Crippen molar-refractivity contribution in [3.63, 3.8) is 0 Å². The Bertz CT molecular complexity index is 458. The van der Waals surface area contributed by atoms with Gasteiger partial charge < -0.3 is 15.0 Å². The van der Waals surface area contributed by atoms with Crippen LogP contribution in [0.25, 0.3) is 0 Å². The van der Waals surface area contributed by atoms with Crippen molar-refractivity contribution >= 4 is 17.4 Å². The second kappa shape index (κ2) is 5.13. The largest absolute Gasteiger partial charge is 0.467 e. The van der Waals surface area contributed by atoms with Crippen molar-refractivity contribution < 1.29 is 4.74 Å². The van der Waals surface area contributed by atoms with Gasteiger partial charge in [-0.3, -0.25) is 0 Å². The summed E-state index contributed by atoms with van der Waals surface area (Å²) in [6.45, 7) is 0. The van der Waals surface area contributed by atoms with E-state index in [2.05, 4.69) is 27.2 Å². The summed E-state index contributed by atoms with van der Waals surface area (Å²) in [6, 6.07) is 2.14. The normalized spacial score (nSPS) is 29.3. The third kappa shape index (κ3) is 2.49. The number of piperidine rings is 1. The van der Waals surface area contributed by atoms with E-state index in [1.54, 1.807) is 13.3 Å². The number of anilines is 1. The molecule has 3 rings (SSSR count). The van der Waals surface area contributed by atoms with E-state index < -0.39 is 0 Å². The molecule has 0 aliphatic carbocycles. The van der Waals surface area contributed by atoms with Crippen LogP contribution in [0.2, 0.25) is 5.02 Å². The molecule has 2 atom stereocenters. The van der Waals surface area contributed by atoms with E-state index in [1.807, 2.05) is 0 Å². The third-order valence-corrected chi connectivity index (χ3v) is 4.48. The van der Waals surface area contributed by atoms with Crippen LogP contribution in [0.5, 0.6) is 6.01 Å². The number of halogens is 1. The van der Waals surface area contributed by atoms with Gasteiger partial charge in [0.2, 0.25) is 0 Å². The zero-order chi connectivity index (χ0) is 13.4. The van der Waals surface area contributed by atoms with Gasteiger partial charge in [-0.15, -0.1) is 0 Å². The molecule has 2 fully saturated rings. The minimum absolute atomic E-state index is 0.364. The number of aromatic nitrogens is 2. The van der Waals surface area contributed by atoms with Gasteiger partial charge in [0.25, 0.3) is 0 Å². The summed E-state index contributed by atoms with van der Waals surface area (Å²) in [4.78, 5) is 10.6. The van der Waals surface area contributed by atoms with Crippen molar-refractivity contribution in [2.24, 2.45) is 0 Å². The molecule has 2 unspecified atom stereocenters. The highest BCUT2D eigenvalue weighted by Crippen LogP contribution is 2.33. The number of nitrogens with zero attached hydrogens (tertiary/aromatic N) is 3. The Morgan fingerprint density at radius 2 is 2.05 bits per heavy atom. The highest BCUT2D eigenvalue weighted by atomic mass is 35.5. The first-order valence-electron chi connectivity index (χ1n) is 6.72. The summed E-state index contributed by atoms with van der Waals surface area (Å²) in [5.74, 6) is 0.764. The number of fused-ring (bicyclic) bond motifs is 2. The summed E-state index contributed by atoms with van der Waals surface area (Å²) in [6.07, 6.45) is 6.48. The summed E-state index contributed by atoms with van der Waals surface area (Å²) in [7, 11) is 3.63. The van der Waals surface area contributed by atoms with E-state index >= 15 is 0 Å². The maximum atomic E-state index is 6.22. The lowest BCUT2D eigenvalue weighted by molar-refractivity contribution is 0.351. The molecular formula is C13H19ClN4O. The Kier molecular flexibility index (Phi) is 3.50. The molecule has 5 nitrogen and oxygen atoms in total. The van der Waals surface area contributed by atoms with E-state index in [-0.39, 0.29) is 0 Å². The molecule has 6 heteroatoms. The highest BCUT2D eigenvalue weighted by Gasteiger charge is 2.35. The van der Waals surface area contributed by atoms with Crippen LogP contribution in [0.1, 0.15) is 25.7 Å². The molecule has 1 aromatic heterocycles. The maximum absolute atomic E-state index is 6.22. The number of ether oxygens (including phenoxy) is 1. The minimum atomic E-state index is 0.364. The van der Waals surface area contributed by atoms with E-state index in [0.29, 0.717) is 29.2 Å². The van der Waals surface area contributed by atoms with Gasteiger partial charge in [0, 0.05) is 25.2 Å². The lowest BCUT2D eigenvalue weighted by atomic mass is 9.98. The van der Waals surface area contributed by atoms with Crippen LogP contribution < -0.4 is 15.0 Å². The number of hydrogen-bond acceptors (Lipinski definition) is 5. The SMILES string of the molecule is COc1ncc(Cl)c(N(C)C2CC3CCC(C2)N3)n1. The van der Waals surface area contributed by atoms with Crippen LogP contribution in [-0.4, -0.2) is 42.3 Å². The second-order valence-electron chi connectivity index (χ2n) is 5.40. The summed E-state index contributed by atoms with van der Waals surface area (Å²) < 4.78 is 5.08. The van der Waals surface area contributed by atoms with Gasteiger partial charge >= 0.3 is 6.01 Å². The predicted molar refractivity (Wildman–Crippen MR) is 75.0 cm³/mol. The average Bonchev–Trinajstić information content (AvgIpc) is 2.77. The van der Waals surface area contributed by atoms with Gasteiger partial charge in [-0.25, -0.2) is 4.98 Å². The maximum Gasteiger partial charge on any atom is 0.318 e. The molecule has 3 heterocycles. The standard InChI is InChI=1S/C13H19ClN4O/c1-18(10-5-8-3-4-9(6-10)16-8)12-11(14)7-15-13(17-12)19-2/h7-10,16H,3-6H2,1-2H3. The van der Waals surface area contributed by atoms with Crippen molar-refractivity contribution in [2.45, 2.75) is 43.8 Å². The number of hydrogen-bond donors (Lipinski definition) is 1. The second-order valence-corrected chi connectivity index (χ2v) is 5.81. The molecule has 19 heavy (non-hydrogen) atoms. The van der Waals surface area contributed by atoms with Gasteiger partial charge in [-0.2, -0.15) is 4.98 Å². The quantitative estimate of drug-likeness (QED) is 0.917. The highest BCUT2D eigenvalue weighted by molar-refractivity contribution is 6.32. The molecule has 104 valence electrons. The fourth-order valence-corrected chi connectivity index (χ4v) is 3.43. The minimum Gasteiger partial charge on any atom is -0.467 e. The summed E-state index contributed by atoms with van der Waals surface area (Å²) >= 11 is 6.22. The van der Waals surface area contributed by atoms with E-state index in [9.17, 15) is 0 Å². The zero-order valence-corrected chi connectivity index (χ0v) is 12.0. The molecule has 2 saturated heterocycles. The lowest BCUT2D eigenvalue weighted by Crippen LogP contribution is -2.47. The van der Waals surface area contributed by atoms with Gasteiger partial charge in [0.1, 0.15) is 5.02 Å². The van der Waals surface area contributed by atoms with Crippen LogP contribution in [0.3, 0.4) is 0 Å². The van der Waals surface area contributed by atoms with Crippen molar-refractivity contribution in [1.29, 1.82) is 0 Å². The third-order valence-electron chi connectivity index (χ3n) is 4.22. The zero-order valence-electron chi connectivity index (χ0n) is 11.3. The van der Waals surface area contributed by atoms with Crippen molar-refractivity contribution in [2.75, 3.05) is 19.1 Å². The van der Waals surface area contributed by atoms with Crippen LogP contribution >= 0.6 is 11.6 Å². The molecule has 1 aromatic rings. The van der Waals surface area contributed by atoms with E-state index in [4.69, 9.17) is 16.3 Å². The average molecular weight is 283 g/mol. The first kappa shape index (κ1) is 12.9. The molecular weight excluding hydrogens is 264 g/mol. The Labute approximate surface area is 118 Å². The fraction of sp³-hybridized carbons (Fsp3) is 0.692. The Morgan fingerprint density at radius 3 is 2.68 bits per heavy atom. The molecule has 0 amide bonds. The Hall–Kier alpha value is -1.07. The smallest absolute Gasteiger partial charge is 0.318 e. The number of nitrogens with one attached hydrogen (secondary N) is 1. The predicted octanol–water partition coefficient (Wildman–Crippen LogP) is 1.86. The van der Waals surface area contributed by atoms with Crippen LogP contribution in [0.4, 0.5) is 5.82 Å². The topological polar surface area (TPSA) is 50.3 Å². The number of methoxy groups -OCH3 is 1. The van der Waals surface area contributed by atoms with Crippen LogP contribution in [0.15, 0.2) is 6.20 Å². The van der Waals surface area contributed by atoms with Crippen molar-refractivity contribution in [1.82, 2.24) is 15.3 Å². The van der Waals surface area contributed by atoms with Crippen LogP contribution in [0, 0.1) is 0 Å². The van der Waals surface area contributed by atoms with E-state index in [1.165, 1.54) is 12.8 Å². The van der Waals surface area contributed by atoms with Crippen molar-refractivity contribution in [3.8, 4) is 6.01 Å². The molecule has 0 saturated carbocycles. The molecule has 2 bridgehead atoms.